The van der Waals surface area contributed by atoms with Crippen molar-refractivity contribution < 1.29 is 71.1 Å². The molecular weight excluding hydrogens is 359 g/mol. The topological polar surface area (TPSA) is 71.4 Å². The number of sulfone groups is 1. The van der Waals surface area contributed by atoms with E-state index in [4.69, 9.17) is 16.7 Å². The zero-order valence-corrected chi connectivity index (χ0v) is 15.5. The third kappa shape index (κ3) is 4.27. The Morgan fingerprint density at radius 3 is 2.41 bits per heavy atom. The summed E-state index contributed by atoms with van der Waals surface area (Å²) in [7, 11) is -3.42. The third-order valence-corrected chi connectivity index (χ3v) is 4.14. The Morgan fingerprint density at radius 1 is 1.53 bits per heavy atom. The molecule has 0 aliphatic rings. The molecule has 0 aliphatic heterocycles. The van der Waals surface area contributed by atoms with E-state index in [9.17, 15) is 13.2 Å². The van der Waals surface area contributed by atoms with Crippen molar-refractivity contribution in [3.63, 3.8) is 0 Å². The van der Waals surface area contributed by atoms with Crippen molar-refractivity contribution in [3.05, 3.63) is 28.3 Å². The maximum absolute atomic E-state index is 11.4. The summed E-state index contributed by atoms with van der Waals surface area (Å²) in [5.74, 6) is -1.19. The summed E-state index contributed by atoms with van der Waals surface area (Å²) >= 11 is 8.93. The van der Waals surface area contributed by atoms with E-state index in [-0.39, 0.29) is 79.2 Å². The largest absolute Gasteiger partial charge is 1.00 e. The van der Waals surface area contributed by atoms with Crippen molar-refractivity contribution in [1.82, 2.24) is 0 Å². The molecule has 0 unspecified atom stereocenters. The molecule has 0 atom stereocenters. The first-order valence-electron chi connectivity index (χ1n) is 4.09. The first-order chi connectivity index (χ1) is 7.29. The molecule has 4 nitrogen and oxygen atoms in total. The molecule has 1 N–H and O–H groups in total. The molecule has 0 aromatic heterocycles. The van der Waals surface area contributed by atoms with Gasteiger partial charge in [-0.25, -0.2) is 13.2 Å². The van der Waals surface area contributed by atoms with E-state index in [1.807, 2.05) is 0 Å². The van der Waals surface area contributed by atoms with E-state index < -0.39 is 15.8 Å². The molecule has 1 aromatic rings. The summed E-state index contributed by atoms with van der Waals surface area (Å²) < 4.78 is 22.8. The Labute approximate surface area is 157 Å². The molecule has 17 heavy (non-hydrogen) atoms. The van der Waals surface area contributed by atoms with Crippen LogP contribution < -0.4 is 51.4 Å². The van der Waals surface area contributed by atoms with Crippen LogP contribution in [0.15, 0.2) is 17.0 Å². The molecule has 1 aromatic carbocycles. The fourth-order valence-electron chi connectivity index (χ4n) is 1.24. The van der Waals surface area contributed by atoms with Gasteiger partial charge in [0.1, 0.15) is 0 Å². The normalized spacial score (nSPS) is 10.8. The zero-order chi connectivity index (χ0) is 12.5. The molecule has 0 saturated heterocycles. The number of carboxylic acids is 1. The fourth-order valence-corrected chi connectivity index (χ4v) is 3.48. The standard InChI is InChI=1S/C9H8BrClO4S.K.H/c1-16(14,15)7-3-2-5(9(12)13)8(11)6(7)4-10;;/h2-3H,4H2,1H3,(H,12,13);;/q;+1;-1. The number of hydrogen-bond acceptors (Lipinski definition) is 3. The summed E-state index contributed by atoms with van der Waals surface area (Å²) in [6.45, 7) is 0. The number of aromatic carboxylic acids is 1. The van der Waals surface area contributed by atoms with Gasteiger partial charge in [0.05, 0.1) is 15.5 Å². The molecule has 1 rings (SSSR count). The molecule has 0 amide bonds. The average molecular weight is 368 g/mol. The summed E-state index contributed by atoms with van der Waals surface area (Å²) in [4.78, 5) is 10.8. The number of benzene rings is 1. The molecule has 0 fully saturated rings. The van der Waals surface area contributed by atoms with Crippen molar-refractivity contribution in [2.24, 2.45) is 0 Å². The molecule has 0 saturated carbocycles. The van der Waals surface area contributed by atoms with Crippen LogP contribution in [0.3, 0.4) is 0 Å². The second-order valence-corrected chi connectivity index (χ2v) is 6.04. The molecule has 0 heterocycles. The monoisotopic (exact) mass is 366 g/mol. The van der Waals surface area contributed by atoms with Gasteiger partial charge >= 0.3 is 57.4 Å². The van der Waals surface area contributed by atoms with Crippen molar-refractivity contribution in [2.75, 3.05) is 6.26 Å². The summed E-state index contributed by atoms with van der Waals surface area (Å²) in [6, 6.07) is 2.44. The molecule has 0 aliphatic carbocycles. The third-order valence-electron chi connectivity index (χ3n) is 1.96. The van der Waals surface area contributed by atoms with Gasteiger partial charge < -0.3 is 6.53 Å². The summed E-state index contributed by atoms with van der Waals surface area (Å²) in [5, 5.41) is 8.96. The van der Waals surface area contributed by atoms with Gasteiger partial charge in [-0.3, -0.25) is 0 Å². The van der Waals surface area contributed by atoms with Crippen LogP contribution in [0.5, 0.6) is 0 Å². The predicted octanol–water partition coefficient (Wildman–Crippen LogP) is -0.547. The smallest absolute Gasteiger partial charge is 1.00 e. The molecule has 0 bridgehead atoms. The van der Waals surface area contributed by atoms with Crippen molar-refractivity contribution >= 4 is 43.3 Å². The number of carboxylic acid groups (broad SMARTS) is 1. The second-order valence-electron chi connectivity index (χ2n) is 3.11. The van der Waals surface area contributed by atoms with Gasteiger partial charge in [-0.05, 0) is 12.1 Å². The van der Waals surface area contributed by atoms with Gasteiger partial charge in [-0.15, -0.1) is 0 Å². The molecule has 90 valence electrons. The Balaban J connectivity index is 0. The Hall–Kier alpha value is 1.05. The van der Waals surface area contributed by atoms with Crippen LogP contribution in [0, 0.1) is 0 Å². The Morgan fingerprint density at radius 2 is 2.06 bits per heavy atom. The number of carbonyl (C=O) groups is 1. The van der Waals surface area contributed by atoms with Crippen molar-refractivity contribution in [1.29, 1.82) is 0 Å². The van der Waals surface area contributed by atoms with Gasteiger partial charge in [0.25, 0.3) is 0 Å². The first kappa shape index (κ1) is 18.0. The van der Waals surface area contributed by atoms with Crippen molar-refractivity contribution in [3.8, 4) is 0 Å². The van der Waals surface area contributed by atoms with Gasteiger partial charge in [0.2, 0.25) is 0 Å². The predicted molar refractivity (Wildman–Crippen MR) is 65.3 cm³/mol. The van der Waals surface area contributed by atoms with E-state index >= 15 is 0 Å². The molecule has 0 spiro atoms. The maximum Gasteiger partial charge on any atom is 1.00 e. The van der Waals surface area contributed by atoms with Crippen LogP contribution in [0.2, 0.25) is 5.02 Å². The van der Waals surface area contributed by atoms with Crippen LogP contribution in [-0.2, 0) is 15.2 Å². The van der Waals surface area contributed by atoms with Crippen LogP contribution >= 0.6 is 27.5 Å². The summed E-state index contributed by atoms with van der Waals surface area (Å²) in [6.07, 6.45) is 1.05. The molecule has 8 heteroatoms. The number of rotatable bonds is 3. The van der Waals surface area contributed by atoms with E-state index in [1.54, 1.807) is 0 Å². The van der Waals surface area contributed by atoms with Gasteiger partial charge in [-0.1, -0.05) is 27.5 Å². The number of halogens is 2. The minimum Gasteiger partial charge on any atom is -1.00 e. The second kappa shape index (κ2) is 7.00. The fraction of sp³-hybridized carbons (Fsp3) is 0.222. The quantitative estimate of drug-likeness (QED) is 0.575. The van der Waals surface area contributed by atoms with Gasteiger partial charge in [0, 0.05) is 17.1 Å². The minimum atomic E-state index is -3.42. The van der Waals surface area contributed by atoms with E-state index in [1.165, 1.54) is 12.1 Å². The van der Waals surface area contributed by atoms with Gasteiger partial charge in [-0.2, -0.15) is 0 Å². The van der Waals surface area contributed by atoms with E-state index in [0.717, 1.165) is 6.26 Å². The van der Waals surface area contributed by atoms with E-state index in [2.05, 4.69) is 15.9 Å². The SMILES string of the molecule is CS(=O)(=O)c1ccc(C(=O)O)c(Cl)c1CBr.[H-].[K+]. The zero-order valence-electron chi connectivity index (χ0n) is 10.2. The number of hydrogen-bond donors (Lipinski definition) is 1. The molecular formula is C9H9BrClKO4S. The first-order valence-corrected chi connectivity index (χ1v) is 7.48. The molecule has 0 radical (unpaired) electrons. The minimum absolute atomic E-state index is 0. The van der Waals surface area contributed by atoms with Gasteiger partial charge in [0.15, 0.2) is 9.84 Å². The number of alkyl halides is 1. The Kier molecular flexibility index (Phi) is 7.43. The Bertz CT molecular complexity index is 550. The van der Waals surface area contributed by atoms with E-state index in [0.29, 0.717) is 0 Å². The average Bonchev–Trinajstić information content (AvgIpc) is 2.15. The van der Waals surface area contributed by atoms with Crippen LogP contribution in [0.25, 0.3) is 0 Å². The van der Waals surface area contributed by atoms with Crippen LogP contribution in [-0.4, -0.2) is 25.7 Å². The van der Waals surface area contributed by atoms with Crippen molar-refractivity contribution in [2.45, 2.75) is 10.2 Å². The van der Waals surface area contributed by atoms with Crippen LogP contribution in [0.4, 0.5) is 0 Å². The maximum atomic E-state index is 11.4. The van der Waals surface area contributed by atoms with Crippen LogP contribution in [0.1, 0.15) is 17.3 Å². The summed E-state index contributed by atoms with van der Waals surface area (Å²) in [5.41, 5.74) is 0.160.